The molecule has 1 aromatic heterocycles. The molecule has 0 saturated heterocycles. The molecule has 0 bridgehead atoms. The van der Waals surface area contributed by atoms with Crippen molar-refractivity contribution in [3.05, 3.63) is 40.4 Å². The Morgan fingerprint density at radius 2 is 2.09 bits per heavy atom. The van der Waals surface area contributed by atoms with E-state index in [0.717, 1.165) is 23.4 Å². The molecule has 0 radical (unpaired) electrons. The number of carboxylic acids is 1. The van der Waals surface area contributed by atoms with E-state index in [2.05, 4.69) is 4.98 Å². The number of amides is 1. The number of hydrogen-bond donors (Lipinski definition) is 1. The van der Waals surface area contributed by atoms with Gasteiger partial charge in [0.1, 0.15) is 11.6 Å². The fraction of sp³-hybridized carbons (Fsp3) is 0.312. The SMILES string of the molecule is O=C(O)CN(C(=O)Cc1csc(-c2ccccc2Cl)n1)C1CC1. The maximum absolute atomic E-state index is 12.3. The first-order valence-corrected chi connectivity index (χ1v) is 8.51. The highest BCUT2D eigenvalue weighted by Gasteiger charge is 2.33. The van der Waals surface area contributed by atoms with Gasteiger partial charge in [0.2, 0.25) is 5.91 Å². The van der Waals surface area contributed by atoms with Crippen LogP contribution in [0.15, 0.2) is 29.6 Å². The lowest BCUT2D eigenvalue weighted by atomic mass is 10.2. The lowest BCUT2D eigenvalue weighted by Crippen LogP contribution is -2.38. The van der Waals surface area contributed by atoms with Crippen LogP contribution in [-0.4, -0.2) is 39.5 Å². The first-order chi connectivity index (χ1) is 11.0. The van der Waals surface area contributed by atoms with Gasteiger partial charge >= 0.3 is 5.97 Å². The van der Waals surface area contributed by atoms with E-state index in [9.17, 15) is 9.59 Å². The molecule has 2 aromatic rings. The Morgan fingerprint density at radius 1 is 1.35 bits per heavy atom. The number of carbonyl (C=O) groups excluding carboxylic acids is 1. The minimum absolute atomic E-state index is 0.0697. The molecule has 1 fully saturated rings. The molecule has 120 valence electrons. The van der Waals surface area contributed by atoms with Crippen LogP contribution in [0.2, 0.25) is 5.02 Å². The molecule has 23 heavy (non-hydrogen) atoms. The summed E-state index contributed by atoms with van der Waals surface area (Å²) in [6.45, 7) is -0.245. The van der Waals surface area contributed by atoms with E-state index in [4.69, 9.17) is 16.7 Å². The maximum atomic E-state index is 12.3. The highest BCUT2D eigenvalue weighted by molar-refractivity contribution is 7.13. The summed E-state index contributed by atoms with van der Waals surface area (Å²) in [5.41, 5.74) is 1.48. The second-order valence-corrected chi connectivity index (χ2v) is 6.71. The summed E-state index contributed by atoms with van der Waals surface area (Å²) in [5, 5.41) is 12.1. The minimum atomic E-state index is -0.986. The Kier molecular flexibility index (Phi) is 4.63. The zero-order valence-corrected chi connectivity index (χ0v) is 13.8. The van der Waals surface area contributed by atoms with Gasteiger partial charge in [0, 0.05) is 17.0 Å². The van der Waals surface area contributed by atoms with E-state index in [-0.39, 0.29) is 24.9 Å². The number of halogens is 1. The molecule has 0 aliphatic heterocycles. The fourth-order valence-electron chi connectivity index (χ4n) is 2.36. The quantitative estimate of drug-likeness (QED) is 0.869. The number of nitrogens with zero attached hydrogens (tertiary/aromatic N) is 2. The van der Waals surface area contributed by atoms with E-state index in [0.29, 0.717) is 10.7 Å². The summed E-state index contributed by atoms with van der Waals surface area (Å²) in [6, 6.07) is 7.48. The molecule has 3 rings (SSSR count). The first kappa shape index (κ1) is 16.0. The molecule has 7 heteroatoms. The van der Waals surface area contributed by atoms with Crippen molar-refractivity contribution < 1.29 is 14.7 Å². The predicted molar refractivity (Wildman–Crippen MR) is 88.6 cm³/mol. The summed E-state index contributed by atoms with van der Waals surface area (Å²) >= 11 is 7.58. The molecule has 0 spiro atoms. The van der Waals surface area contributed by atoms with Crippen molar-refractivity contribution in [1.29, 1.82) is 0 Å². The van der Waals surface area contributed by atoms with Crippen LogP contribution in [0.1, 0.15) is 18.5 Å². The molecular formula is C16H15ClN2O3S. The van der Waals surface area contributed by atoms with Crippen LogP contribution in [0.5, 0.6) is 0 Å². The number of rotatable bonds is 6. The molecular weight excluding hydrogens is 336 g/mol. The van der Waals surface area contributed by atoms with Gasteiger partial charge in [0.25, 0.3) is 0 Å². The van der Waals surface area contributed by atoms with Gasteiger partial charge in [-0.15, -0.1) is 11.3 Å². The summed E-state index contributed by atoms with van der Waals surface area (Å²) in [4.78, 5) is 29.1. The van der Waals surface area contributed by atoms with Crippen molar-refractivity contribution in [3.8, 4) is 10.6 Å². The number of carbonyl (C=O) groups is 2. The highest BCUT2D eigenvalue weighted by Crippen LogP contribution is 2.31. The Balaban J connectivity index is 1.72. The van der Waals surface area contributed by atoms with Gasteiger partial charge in [-0.25, -0.2) is 4.98 Å². The Morgan fingerprint density at radius 3 is 2.74 bits per heavy atom. The van der Waals surface area contributed by atoms with Crippen LogP contribution in [-0.2, 0) is 16.0 Å². The van der Waals surface area contributed by atoms with Gasteiger partial charge in [-0.1, -0.05) is 29.8 Å². The van der Waals surface area contributed by atoms with Gasteiger partial charge in [-0.05, 0) is 18.9 Å². The summed E-state index contributed by atoms with van der Waals surface area (Å²) in [7, 11) is 0. The van der Waals surface area contributed by atoms with E-state index in [1.54, 1.807) is 6.07 Å². The van der Waals surface area contributed by atoms with Gasteiger partial charge in [0.05, 0.1) is 17.1 Å². The van der Waals surface area contributed by atoms with E-state index in [1.165, 1.54) is 16.2 Å². The normalized spacial score (nSPS) is 13.8. The molecule has 1 amide bonds. The van der Waals surface area contributed by atoms with Gasteiger partial charge in [0.15, 0.2) is 0 Å². The third kappa shape index (κ3) is 3.89. The highest BCUT2D eigenvalue weighted by atomic mass is 35.5. The molecule has 0 atom stereocenters. The maximum Gasteiger partial charge on any atom is 0.323 e. The molecule has 1 N–H and O–H groups in total. The monoisotopic (exact) mass is 350 g/mol. The Bertz CT molecular complexity index is 742. The largest absolute Gasteiger partial charge is 0.480 e. The van der Waals surface area contributed by atoms with Crippen molar-refractivity contribution in [2.45, 2.75) is 25.3 Å². The Hall–Kier alpha value is -1.92. The second kappa shape index (κ2) is 6.68. The topological polar surface area (TPSA) is 70.5 Å². The predicted octanol–water partition coefficient (Wildman–Crippen LogP) is 3.08. The van der Waals surface area contributed by atoms with Crippen molar-refractivity contribution in [2.75, 3.05) is 6.54 Å². The van der Waals surface area contributed by atoms with Crippen LogP contribution in [0, 0.1) is 0 Å². The average Bonchev–Trinajstić information content (AvgIpc) is 3.25. The molecule has 1 aromatic carbocycles. The zero-order chi connectivity index (χ0) is 16.4. The number of hydrogen-bond acceptors (Lipinski definition) is 4. The van der Waals surface area contributed by atoms with E-state index in [1.807, 2.05) is 23.6 Å². The number of benzene rings is 1. The molecule has 1 saturated carbocycles. The number of aromatic nitrogens is 1. The number of carboxylic acid groups (broad SMARTS) is 1. The van der Waals surface area contributed by atoms with Crippen LogP contribution >= 0.6 is 22.9 Å². The van der Waals surface area contributed by atoms with Gasteiger partial charge < -0.3 is 10.0 Å². The van der Waals surface area contributed by atoms with Gasteiger partial charge in [-0.3, -0.25) is 9.59 Å². The van der Waals surface area contributed by atoms with E-state index < -0.39 is 5.97 Å². The smallest absolute Gasteiger partial charge is 0.323 e. The van der Waals surface area contributed by atoms with Crippen LogP contribution in [0.4, 0.5) is 0 Å². The zero-order valence-electron chi connectivity index (χ0n) is 12.2. The van der Waals surface area contributed by atoms with Crippen molar-refractivity contribution in [1.82, 2.24) is 9.88 Å². The fourth-order valence-corrected chi connectivity index (χ4v) is 3.50. The number of thiazole rings is 1. The summed E-state index contributed by atoms with van der Waals surface area (Å²) in [6.07, 6.45) is 1.87. The summed E-state index contributed by atoms with van der Waals surface area (Å²) in [5.74, 6) is -1.17. The lowest BCUT2D eigenvalue weighted by molar-refractivity contribution is -0.144. The third-order valence-corrected chi connectivity index (χ3v) is 4.86. The molecule has 1 aliphatic rings. The van der Waals surface area contributed by atoms with Gasteiger partial charge in [-0.2, -0.15) is 0 Å². The average molecular weight is 351 g/mol. The minimum Gasteiger partial charge on any atom is -0.480 e. The van der Waals surface area contributed by atoms with Crippen LogP contribution in [0.25, 0.3) is 10.6 Å². The van der Waals surface area contributed by atoms with Crippen LogP contribution in [0.3, 0.4) is 0 Å². The first-order valence-electron chi connectivity index (χ1n) is 7.25. The van der Waals surface area contributed by atoms with Crippen molar-refractivity contribution in [3.63, 3.8) is 0 Å². The lowest BCUT2D eigenvalue weighted by Gasteiger charge is -2.19. The van der Waals surface area contributed by atoms with Crippen LogP contribution < -0.4 is 0 Å². The van der Waals surface area contributed by atoms with Crippen molar-refractivity contribution >= 4 is 34.8 Å². The summed E-state index contributed by atoms with van der Waals surface area (Å²) < 4.78 is 0. The molecule has 5 nitrogen and oxygen atoms in total. The third-order valence-electron chi connectivity index (χ3n) is 3.60. The van der Waals surface area contributed by atoms with E-state index >= 15 is 0 Å². The molecule has 0 unspecified atom stereocenters. The number of aliphatic carboxylic acids is 1. The van der Waals surface area contributed by atoms with Crippen molar-refractivity contribution in [2.24, 2.45) is 0 Å². The molecule has 1 heterocycles. The second-order valence-electron chi connectivity index (χ2n) is 5.45. The molecule has 1 aliphatic carbocycles. The standard InChI is InChI=1S/C16H15ClN2O3S/c17-13-4-2-1-3-12(13)16-18-10(9-23-16)7-14(20)19(8-15(21)22)11-5-6-11/h1-4,9,11H,5-8H2,(H,21,22). The Labute approximate surface area is 142 Å².